The average Bonchev–Trinajstić information content (AvgIpc) is 2.93. The van der Waals surface area contributed by atoms with Gasteiger partial charge in [0.1, 0.15) is 0 Å². The molecule has 6 nitrogen and oxygen atoms in total. The Hall–Kier alpha value is -0.830. The van der Waals surface area contributed by atoms with Crippen molar-refractivity contribution < 1.29 is 0 Å². The largest absolute Gasteiger partial charge is 0.357 e. The number of piperidine rings is 1. The topological polar surface area (TPSA) is 57.5 Å². The summed E-state index contributed by atoms with van der Waals surface area (Å²) in [4.78, 5) is 7.31. The van der Waals surface area contributed by atoms with Crippen molar-refractivity contribution >= 4 is 29.9 Å². The summed E-state index contributed by atoms with van der Waals surface area (Å²) in [5.41, 5.74) is 2.31. The molecule has 1 fully saturated rings. The first-order chi connectivity index (χ1) is 12.6. The second-order valence-corrected chi connectivity index (χ2v) is 7.59. The minimum atomic E-state index is 0. The maximum Gasteiger partial charge on any atom is 0.191 e. The zero-order valence-electron chi connectivity index (χ0n) is 17.6. The van der Waals surface area contributed by atoms with E-state index in [2.05, 4.69) is 52.2 Å². The molecule has 27 heavy (non-hydrogen) atoms. The van der Waals surface area contributed by atoms with Crippen molar-refractivity contribution in [1.82, 2.24) is 25.3 Å². The van der Waals surface area contributed by atoms with Gasteiger partial charge in [0.05, 0.1) is 5.69 Å². The summed E-state index contributed by atoms with van der Waals surface area (Å²) in [6, 6.07) is 2.12. The number of aromatic nitrogens is 2. The van der Waals surface area contributed by atoms with Crippen LogP contribution in [0.2, 0.25) is 0 Å². The fourth-order valence-corrected chi connectivity index (χ4v) is 3.65. The molecule has 0 spiro atoms. The third-order valence-electron chi connectivity index (χ3n) is 4.93. The molecule has 0 saturated carbocycles. The highest BCUT2D eigenvalue weighted by molar-refractivity contribution is 14.0. The number of aryl methyl sites for hydroxylation is 3. The monoisotopic (exact) mass is 490 g/mol. The Morgan fingerprint density at radius 3 is 2.74 bits per heavy atom. The smallest absolute Gasteiger partial charge is 0.191 e. The summed E-state index contributed by atoms with van der Waals surface area (Å²) in [5, 5.41) is 11.3. The standard InChI is InChI=1S/C20H38N6.HI/c1-5-21-20(22-10-7-13-25-12-6-9-17(2)16-25)23-11-8-14-26-19(4)15-18(3)24-26;/h15,17H,5-14,16H2,1-4H3,(H2,21,22,23);1H. The number of hydrogen-bond donors (Lipinski definition) is 2. The van der Waals surface area contributed by atoms with Gasteiger partial charge < -0.3 is 15.5 Å². The van der Waals surface area contributed by atoms with Crippen LogP contribution in [0, 0.1) is 19.8 Å². The van der Waals surface area contributed by atoms with E-state index in [0.717, 1.165) is 50.2 Å². The van der Waals surface area contributed by atoms with E-state index in [1.165, 1.54) is 44.6 Å². The van der Waals surface area contributed by atoms with Crippen LogP contribution in [0.15, 0.2) is 11.1 Å². The Morgan fingerprint density at radius 2 is 2.07 bits per heavy atom. The molecule has 2 N–H and O–H groups in total. The molecule has 1 aromatic rings. The highest BCUT2D eigenvalue weighted by atomic mass is 127. The Kier molecular flexibility index (Phi) is 12.0. The molecule has 156 valence electrons. The van der Waals surface area contributed by atoms with Crippen LogP contribution in [0.4, 0.5) is 0 Å². The molecule has 2 rings (SSSR count). The lowest BCUT2D eigenvalue weighted by atomic mass is 10.0. The molecular formula is C20H39IN6. The molecule has 1 aliphatic rings. The first-order valence-electron chi connectivity index (χ1n) is 10.3. The van der Waals surface area contributed by atoms with Crippen LogP contribution < -0.4 is 10.6 Å². The number of hydrogen-bond acceptors (Lipinski definition) is 3. The van der Waals surface area contributed by atoms with Gasteiger partial charge in [-0.25, -0.2) is 0 Å². The molecule has 0 aliphatic carbocycles. The predicted octanol–water partition coefficient (Wildman–Crippen LogP) is 3.19. The molecule has 7 heteroatoms. The second kappa shape index (κ2) is 13.4. The fourth-order valence-electron chi connectivity index (χ4n) is 3.65. The maximum absolute atomic E-state index is 4.70. The first-order valence-corrected chi connectivity index (χ1v) is 10.3. The molecule has 0 radical (unpaired) electrons. The molecule has 1 aromatic heterocycles. The summed E-state index contributed by atoms with van der Waals surface area (Å²) in [7, 11) is 0. The van der Waals surface area contributed by atoms with Crippen molar-refractivity contribution in [2.24, 2.45) is 10.9 Å². The second-order valence-electron chi connectivity index (χ2n) is 7.59. The average molecular weight is 490 g/mol. The lowest BCUT2D eigenvalue weighted by molar-refractivity contribution is 0.182. The van der Waals surface area contributed by atoms with Crippen LogP contribution in [0.5, 0.6) is 0 Å². The third-order valence-corrected chi connectivity index (χ3v) is 4.93. The molecule has 1 unspecified atom stereocenters. The molecule has 1 aliphatic heterocycles. The zero-order chi connectivity index (χ0) is 18.8. The normalized spacial score (nSPS) is 18.2. The Morgan fingerprint density at radius 1 is 1.26 bits per heavy atom. The zero-order valence-corrected chi connectivity index (χ0v) is 20.0. The van der Waals surface area contributed by atoms with Crippen molar-refractivity contribution in [2.45, 2.75) is 59.9 Å². The van der Waals surface area contributed by atoms with Crippen molar-refractivity contribution in [1.29, 1.82) is 0 Å². The van der Waals surface area contributed by atoms with Gasteiger partial charge in [-0.05, 0) is 71.5 Å². The molecule has 1 saturated heterocycles. The molecule has 0 amide bonds. The summed E-state index contributed by atoms with van der Waals surface area (Å²) >= 11 is 0. The van der Waals surface area contributed by atoms with Gasteiger partial charge in [-0.3, -0.25) is 9.67 Å². The van der Waals surface area contributed by atoms with Crippen molar-refractivity contribution in [2.75, 3.05) is 39.3 Å². The summed E-state index contributed by atoms with van der Waals surface area (Å²) in [6.07, 6.45) is 4.92. The van der Waals surface area contributed by atoms with Crippen LogP contribution in [0.3, 0.4) is 0 Å². The minimum Gasteiger partial charge on any atom is -0.357 e. The fraction of sp³-hybridized carbons (Fsp3) is 0.800. The van der Waals surface area contributed by atoms with Crippen molar-refractivity contribution in [3.8, 4) is 0 Å². The van der Waals surface area contributed by atoms with Gasteiger partial charge in [0.25, 0.3) is 0 Å². The molecule has 1 atom stereocenters. The van der Waals surface area contributed by atoms with Gasteiger partial charge >= 0.3 is 0 Å². The van der Waals surface area contributed by atoms with Crippen LogP contribution in [-0.4, -0.2) is 59.9 Å². The lowest BCUT2D eigenvalue weighted by Gasteiger charge is -2.30. The number of aliphatic imine (C=N–C) groups is 1. The maximum atomic E-state index is 4.70. The Labute approximate surface area is 182 Å². The van der Waals surface area contributed by atoms with Gasteiger partial charge in [-0.1, -0.05) is 6.92 Å². The summed E-state index contributed by atoms with van der Waals surface area (Å²) in [5.74, 6) is 1.80. The van der Waals surface area contributed by atoms with Gasteiger partial charge in [-0.2, -0.15) is 5.10 Å². The Bertz CT molecular complexity index is 557. The van der Waals surface area contributed by atoms with E-state index < -0.39 is 0 Å². The van der Waals surface area contributed by atoms with Gasteiger partial charge in [-0.15, -0.1) is 24.0 Å². The van der Waals surface area contributed by atoms with E-state index in [1.807, 2.05) is 6.92 Å². The van der Waals surface area contributed by atoms with E-state index >= 15 is 0 Å². The predicted molar refractivity (Wildman–Crippen MR) is 125 cm³/mol. The molecule has 0 aromatic carbocycles. The van der Waals surface area contributed by atoms with Gasteiger partial charge in [0, 0.05) is 38.4 Å². The summed E-state index contributed by atoms with van der Waals surface area (Å²) in [6.45, 7) is 16.0. The number of rotatable bonds is 9. The third kappa shape index (κ3) is 9.27. The first kappa shape index (κ1) is 24.2. The van der Waals surface area contributed by atoms with E-state index in [1.54, 1.807) is 0 Å². The molecular weight excluding hydrogens is 451 g/mol. The SMILES string of the molecule is CCNC(=NCCCn1nc(C)cc1C)NCCCN1CCCC(C)C1.I. The molecule has 2 heterocycles. The van der Waals surface area contributed by atoms with Crippen LogP contribution in [0.1, 0.15) is 50.9 Å². The Balaban J connectivity index is 0.00000364. The van der Waals surface area contributed by atoms with E-state index in [4.69, 9.17) is 4.99 Å². The lowest BCUT2D eigenvalue weighted by Crippen LogP contribution is -2.40. The number of likely N-dealkylation sites (tertiary alicyclic amines) is 1. The van der Waals surface area contributed by atoms with Crippen LogP contribution in [0.25, 0.3) is 0 Å². The van der Waals surface area contributed by atoms with E-state index in [-0.39, 0.29) is 24.0 Å². The minimum absolute atomic E-state index is 0. The number of nitrogens with one attached hydrogen (secondary N) is 2. The van der Waals surface area contributed by atoms with Gasteiger partial charge in [0.15, 0.2) is 5.96 Å². The number of nitrogens with zero attached hydrogens (tertiary/aromatic N) is 4. The number of guanidine groups is 1. The van der Waals surface area contributed by atoms with Crippen molar-refractivity contribution in [3.05, 3.63) is 17.5 Å². The van der Waals surface area contributed by atoms with E-state index in [9.17, 15) is 0 Å². The van der Waals surface area contributed by atoms with Crippen LogP contribution in [-0.2, 0) is 6.54 Å². The highest BCUT2D eigenvalue weighted by Crippen LogP contribution is 2.15. The highest BCUT2D eigenvalue weighted by Gasteiger charge is 2.15. The van der Waals surface area contributed by atoms with Gasteiger partial charge in [0.2, 0.25) is 0 Å². The molecule has 0 bridgehead atoms. The van der Waals surface area contributed by atoms with E-state index in [0.29, 0.717) is 0 Å². The van der Waals surface area contributed by atoms with Crippen molar-refractivity contribution in [3.63, 3.8) is 0 Å². The van der Waals surface area contributed by atoms with Crippen LogP contribution >= 0.6 is 24.0 Å². The quantitative estimate of drug-likeness (QED) is 0.242. The summed E-state index contributed by atoms with van der Waals surface area (Å²) < 4.78 is 2.07. The number of halogens is 1.